The summed E-state index contributed by atoms with van der Waals surface area (Å²) in [5.41, 5.74) is -1.18. The second-order valence-corrected chi connectivity index (χ2v) is 2.72. The van der Waals surface area contributed by atoms with Crippen molar-refractivity contribution in [3.8, 4) is 0 Å². The summed E-state index contributed by atoms with van der Waals surface area (Å²) in [6.07, 6.45) is 4.66. The van der Waals surface area contributed by atoms with Crippen LogP contribution in [0, 0.1) is 0 Å². The molecule has 0 aromatic rings. The van der Waals surface area contributed by atoms with Gasteiger partial charge in [0.2, 0.25) is 0 Å². The molecule has 0 rings (SSSR count). The monoisotopic (exact) mass is 156 g/mol. The van der Waals surface area contributed by atoms with E-state index in [0.717, 1.165) is 6.42 Å². The van der Waals surface area contributed by atoms with E-state index >= 15 is 0 Å². The summed E-state index contributed by atoms with van der Waals surface area (Å²) in [4.78, 5) is 0. The molecule has 0 fully saturated rings. The van der Waals surface area contributed by atoms with E-state index in [-0.39, 0.29) is 0 Å². The number of rotatable bonds is 4. The topological polar surface area (TPSA) is 40.5 Å². The normalized spacial score (nSPS) is 19.6. The molecular formula is C9H16O2. The lowest BCUT2D eigenvalue weighted by Gasteiger charge is -2.22. The molecule has 0 aromatic carbocycles. The summed E-state index contributed by atoms with van der Waals surface area (Å²) in [5.74, 6) is 0. The number of aliphatic hydroxyl groups excluding tert-OH is 1. The molecule has 0 heterocycles. The van der Waals surface area contributed by atoms with Gasteiger partial charge < -0.3 is 10.2 Å². The number of aliphatic hydroxyl groups is 2. The van der Waals surface area contributed by atoms with Crippen molar-refractivity contribution in [1.29, 1.82) is 0 Å². The van der Waals surface area contributed by atoms with Crippen LogP contribution in [0.1, 0.15) is 20.3 Å². The molecule has 0 aliphatic heterocycles. The molecule has 0 amide bonds. The van der Waals surface area contributed by atoms with Crippen molar-refractivity contribution < 1.29 is 10.2 Å². The molecule has 0 radical (unpaired) electrons. The van der Waals surface area contributed by atoms with Gasteiger partial charge in [0, 0.05) is 0 Å². The maximum atomic E-state index is 9.51. The van der Waals surface area contributed by atoms with E-state index in [4.69, 9.17) is 0 Å². The van der Waals surface area contributed by atoms with E-state index < -0.39 is 11.7 Å². The van der Waals surface area contributed by atoms with Gasteiger partial charge in [-0.25, -0.2) is 0 Å². The van der Waals surface area contributed by atoms with Gasteiger partial charge in [0.25, 0.3) is 0 Å². The first-order valence-corrected chi connectivity index (χ1v) is 3.75. The Hall–Kier alpha value is -0.600. The van der Waals surface area contributed by atoms with E-state index in [1.54, 1.807) is 13.0 Å². The van der Waals surface area contributed by atoms with Crippen LogP contribution in [0.25, 0.3) is 0 Å². The Morgan fingerprint density at radius 1 is 1.64 bits per heavy atom. The largest absolute Gasteiger partial charge is 0.386 e. The highest BCUT2D eigenvalue weighted by atomic mass is 16.3. The molecule has 64 valence electrons. The Labute approximate surface area is 67.9 Å². The fraction of sp³-hybridized carbons (Fsp3) is 0.556. The average molecular weight is 156 g/mol. The summed E-state index contributed by atoms with van der Waals surface area (Å²) in [6, 6.07) is 0. The fourth-order valence-electron chi connectivity index (χ4n) is 0.694. The Morgan fingerprint density at radius 2 is 2.18 bits per heavy atom. The van der Waals surface area contributed by atoms with E-state index in [0.29, 0.717) is 0 Å². The number of hydrogen-bond acceptors (Lipinski definition) is 2. The molecule has 0 saturated heterocycles. The Balaban J connectivity index is 4.19. The molecular weight excluding hydrogens is 140 g/mol. The van der Waals surface area contributed by atoms with E-state index in [1.165, 1.54) is 6.08 Å². The van der Waals surface area contributed by atoms with Crippen LogP contribution >= 0.6 is 0 Å². The van der Waals surface area contributed by atoms with Crippen molar-refractivity contribution in [3.63, 3.8) is 0 Å². The highest BCUT2D eigenvalue weighted by Gasteiger charge is 2.23. The van der Waals surface area contributed by atoms with Crippen molar-refractivity contribution >= 4 is 0 Å². The molecule has 0 spiro atoms. The Bertz CT molecular complexity index is 148. The molecule has 0 bridgehead atoms. The van der Waals surface area contributed by atoms with Crippen molar-refractivity contribution in [2.24, 2.45) is 0 Å². The first-order valence-electron chi connectivity index (χ1n) is 3.75. The third-order valence-electron chi connectivity index (χ3n) is 1.51. The van der Waals surface area contributed by atoms with Crippen LogP contribution in [0.4, 0.5) is 0 Å². The molecule has 2 atom stereocenters. The fourth-order valence-corrected chi connectivity index (χ4v) is 0.694. The van der Waals surface area contributed by atoms with Crippen molar-refractivity contribution in [1.82, 2.24) is 0 Å². The second kappa shape index (κ2) is 4.31. The standard InChI is InChI=1S/C9H16O2/c1-4-6-7-9(3,11)8(10)5-2/h5-8,10-11H,2,4H2,1,3H3. The predicted molar refractivity (Wildman–Crippen MR) is 46.3 cm³/mol. The zero-order valence-corrected chi connectivity index (χ0v) is 7.12. The van der Waals surface area contributed by atoms with Gasteiger partial charge in [-0.2, -0.15) is 0 Å². The Kier molecular flexibility index (Phi) is 4.08. The second-order valence-electron chi connectivity index (χ2n) is 2.72. The highest BCUT2D eigenvalue weighted by molar-refractivity contribution is 5.07. The van der Waals surface area contributed by atoms with Gasteiger partial charge in [0.05, 0.1) is 0 Å². The molecule has 2 unspecified atom stereocenters. The SMILES string of the molecule is C=CC(O)C(C)(O)C=CCC. The van der Waals surface area contributed by atoms with Gasteiger partial charge in [-0.05, 0) is 13.3 Å². The van der Waals surface area contributed by atoms with Crippen molar-refractivity contribution in [2.45, 2.75) is 32.0 Å². The van der Waals surface area contributed by atoms with E-state index in [1.807, 2.05) is 13.0 Å². The minimum absolute atomic E-state index is 0.847. The zero-order chi connectivity index (χ0) is 8.91. The number of hydrogen-bond donors (Lipinski definition) is 2. The smallest absolute Gasteiger partial charge is 0.109 e. The van der Waals surface area contributed by atoms with Gasteiger partial charge in [-0.1, -0.05) is 25.2 Å². The molecule has 2 heteroatoms. The van der Waals surface area contributed by atoms with Crippen molar-refractivity contribution in [3.05, 3.63) is 24.8 Å². The summed E-state index contributed by atoms with van der Waals surface area (Å²) in [7, 11) is 0. The summed E-state index contributed by atoms with van der Waals surface area (Å²) < 4.78 is 0. The van der Waals surface area contributed by atoms with Crippen LogP contribution in [-0.2, 0) is 0 Å². The summed E-state index contributed by atoms with van der Waals surface area (Å²) in [6.45, 7) is 6.90. The summed E-state index contributed by atoms with van der Waals surface area (Å²) >= 11 is 0. The first kappa shape index (κ1) is 10.4. The highest BCUT2D eigenvalue weighted by Crippen LogP contribution is 2.12. The lowest BCUT2D eigenvalue weighted by Crippen LogP contribution is -2.35. The van der Waals surface area contributed by atoms with Crippen LogP contribution in [0.3, 0.4) is 0 Å². The van der Waals surface area contributed by atoms with Crippen LogP contribution in [0.5, 0.6) is 0 Å². The minimum atomic E-state index is -1.18. The molecule has 11 heavy (non-hydrogen) atoms. The molecule has 2 N–H and O–H groups in total. The number of allylic oxidation sites excluding steroid dienone is 1. The van der Waals surface area contributed by atoms with Gasteiger partial charge in [0.1, 0.15) is 11.7 Å². The third-order valence-corrected chi connectivity index (χ3v) is 1.51. The quantitative estimate of drug-likeness (QED) is 0.601. The average Bonchev–Trinajstić information content (AvgIpc) is 1.99. The van der Waals surface area contributed by atoms with Crippen LogP contribution in [-0.4, -0.2) is 21.9 Å². The maximum absolute atomic E-state index is 9.51. The zero-order valence-electron chi connectivity index (χ0n) is 7.12. The predicted octanol–water partition coefficient (Wildman–Crippen LogP) is 1.25. The molecule has 0 aromatic heterocycles. The lowest BCUT2D eigenvalue weighted by molar-refractivity contribution is 0.000655. The molecule has 2 nitrogen and oxygen atoms in total. The Morgan fingerprint density at radius 3 is 2.55 bits per heavy atom. The van der Waals surface area contributed by atoms with Gasteiger partial charge in [-0.3, -0.25) is 0 Å². The maximum Gasteiger partial charge on any atom is 0.109 e. The van der Waals surface area contributed by atoms with Gasteiger partial charge in [0.15, 0.2) is 0 Å². The van der Waals surface area contributed by atoms with Crippen LogP contribution in [0.15, 0.2) is 24.8 Å². The van der Waals surface area contributed by atoms with Crippen LogP contribution in [0.2, 0.25) is 0 Å². The molecule has 0 aliphatic carbocycles. The summed E-state index contributed by atoms with van der Waals surface area (Å²) in [5, 5.41) is 18.7. The van der Waals surface area contributed by atoms with Gasteiger partial charge in [-0.15, -0.1) is 6.58 Å². The van der Waals surface area contributed by atoms with Crippen LogP contribution < -0.4 is 0 Å². The molecule has 0 saturated carbocycles. The van der Waals surface area contributed by atoms with E-state index in [9.17, 15) is 10.2 Å². The first-order chi connectivity index (χ1) is 5.04. The molecule has 0 aliphatic rings. The lowest BCUT2D eigenvalue weighted by atomic mass is 9.98. The van der Waals surface area contributed by atoms with E-state index in [2.05, 4.69) is 6.58 Å². The minimum Gasteiger partial charge on any atom is -0.386 e. The van der Waals surface area contributed by atoms with Crippen molar-refractivity contribution in [2.75, 3.05) is 0 Å². The third kappa shape index (κ3) is 3.35. The van der Waals surface area contributed by atoms with Gasteiger partial charge >= 0.3 is 0 Å².